The Morgan fingerprint density at radius 2 is 2.25 bits per heavy atom. The van der Waals surface area contributed by atoms with Gasteiger partial charge in [0.05, 0.1) is 11.6 Å². The highest BCUT2D eigenvalue weighted by atomic mass is 79.9. The fraction of sp³-hybridized carbons (Fsp3) is 0.417. The van der Waals surface area contributed by atoms with Gasteiger partial charge < -0.3 is 10.4 Å². The van der Waals surface area contributed by atoms with Gasteiger partial charge in [0.25, 0.3) is 0 Å². The molecule has 1 rings (SSSR count). The van der Waals surface area contributed by atoms with Crippen LogP contribution in [0.15, 0.2) is 22.7 Å². The van der Waals surface area contributed by atoms with Crippen molar-refractivity contribution in [3.05, 3.63) is 28.2 Å². The van der Waals surface area contributed by atoms with Crippen molar-refractivity contribution < 1.29 is 5.11 Å². The second kappa shape index (κ2) is 6.51. The van der Waals surface area contributed by atoms with Crippen molar-refractivity contribution in [2.24, 2.45) is 5.92 Å². The van der Waals surface area contributed by atoms with Crippen LogP contribution in [0.1, 0.15) is 18.9 Å². The van der Waals surface area contributed by atoms with Gasteiger partial charge in [0.1, 0.15) is 0 Å². The van der Waals surface area contributed by atoms with Crippen LogP contribution in [0.25, 0.3) is 0 Å². The van der Waals surface area contributed by atoms with E-state index in [-0.39, 0.29) is 6.61 Å². The van der Waals surface area contributed by atoms with Crippen molar-refractivity contribution >= 4 is 21.6 Å². The zero-order valence-electron chi connectivity index (χ0n) is 9.20. The second-order valence-corrected chi connectivity index (χ2v) is 4.75. The van der Waals surface area contributed by atoms with E-state index in [4.69, 9.17) is 10.4 Å². The largest absolute Gasteiger partial charge is 0.396 e. The number of nitrogens with one attached hydrogen (secondary N) is 1. The molecule has 0 aliphatic carbocycles. The Kier molecular flexibility index (Phi) is 5.30. The van der Waals surface area contributed by atoms with Crippen LogP contribution in [0, 0.1) is 17.2 Å². The number of aliphatic hydroxyl groups excluding tert-OH is 1. The molecule has 16 heavy (non-hydrogen) atoms. The molecule has 2 N–H and O–H groups in total. The molecule has 4 heteroatoms. The van der Waals surface area contributed by atoms with Gasteiger partial charge >= 0.3 is 0 Å². The summed E-state index contributed by atoms with van der Waals surface area (Å²) in [6.45, 7) is 3.08. The Hall–Kier alpha value is -1.05. The van der Waals surface area contributed by atoms with Gasteiger partial charge in [-0.2, -0.15) is 5.26 Å². The SMILES string of the molecule is CC(CCO)CNc1cc(Br)cc(C#N)c1. The van der Waals surface area contributed by atoms with E-state index in [1.54, 1.807) is 6.07 Å². The average molecular weight is 283 g/mol. The first kappa shape index (κ1) is 13.0. The van der Waals surface area contributed by atoms with Gasteiger partial charge in [-0.25, -0.2) is 0 Å². The molecule has 0 aliphatic heterocycles. The third-order valence-electron chi connectivity index (χ3n) is 2.30. The third-order valence-corrected chi connectivity index (χ3v) is 2.76. The molecule has 0 radical (unpaired) electrons. The first-order valence-electron chi connectivity index (χ1n) is 5.21. The molecule has 86 valence electrons. The molecule has 1 aromatic rings. The molecule has 1 aromatic carbocycles. The molecule has 0 aromatic heterocycles. The first-order chi connectivity index (χ1) is 7.65. The molecule has 0 saturated carbocycles. The van der Waals surface area contributed by atoms with Gasteiger partial charge in [0, 0.05) is 23.3 Å². The minimum absolute atomic E-state index is 0.213. The summed E-state index contributed by atoms with van der Waals surface area (Å²) in [5.74, 6) is 0.412. The number of halogens is 1. The quantitative estimate of drug-likeness (QED) is 0.873. The van der Waals surface area contributed by atoms with Crippen molar-refractivity contribution in [1.82, 2.24) is 0 Å². The standard InChI is InChI=1S/C12H15BrN2O/c1-9(2-3-16)8-15-12-5-10(7-14)4-11(13)6-12/h4-6,9,15-16H,2-3,8H2,1H3. The molecule has 3 nitrogen and oxygen atoms in total. The molecular weight excluding hydrogens is 268 g/mol. The molecule has 0 bridgehead atoms. The predicted octanol–water partition coefficient (Wildman–Crippen LogP) is 2.75. The van der Waals surface area contributed by atoms with E-state index >= 15 is 0 Å². The smallest absolute Gasteiger partial charge is 0.0992 e. The number of nitriles is 1. The van der Waals surface area contributed by atoms with Gasteiger partial charge in [-0.1, -0.05) is 22.9 Å². The molecule has 0 heterocycles. The number of nitrogens with zero attached hydrogens (tertiary/aromatic N) is 1. The Morgan fingerprint density at radius 3 is 2.88 bits per heavy atom. The van der Waals surface area contributed by atoms with Crippen LogP contribution in [0.5, 0.6) is 0 Å². The van der Waals surface area contributed by atoms with Crippen LogP contribution >= 0.6 is 15.9 Å². The number of hydrogen-bond donors (Lipinski definition) is 2. The lowest BCUT2D eigenvalue weighted by Gasteiger charge is -2.12. The van der Waals surface area contributed by atoms with Crippen LogP contribution in [0.4, 0.5) is 5.69 Å². The lowest BCUT2D eigenvalue weighted by Crippen LogP contribution is -2.12. The lowest BCUT2D eigenvalue weighted by molar-refractivity contribution is 0.266. The number of benzene rings is 1. The fourth-order valence-corrected chi connectivity index (χ4v) is 1.86. The predicted molar refractivity (Wildman–Crippen MR) is 68.2 cm³/mol. The summed E-state index contributed by atoms with van der Waals surface area (Å²) in [5.41, 5.74) is 1.56. The highest BCUT2D eigenvalue weighted by Crippen LogP contribution is 2.19. The van der Waals surface area contributed by atoms with Crippen molar-refractivity contribution in [2.75, 3.05) is 18.5 Å². The topological polar surface area (TPSA) is 56.0 Å². The van der Waals surface area contributed by atoms with E-state index in [9.17, 15) is 0 Å². The van der Waals surface area contributed by atoms with Crippen LogP contribution in [0.2, 0.25) is 0 Å². The van der Waals surface area contributed by atoms with Crippen LogP contribution in [0.3, 0.4) is 0 Å². The third kappa shape index (κ3) is 4.21. The summed E-state index contributed by atoms with van der Waals surface area (Å²) in [6, 6.07) is 7.64. The first-order valence-corrected chi connectivity index (χ1v) is 6.00. The molecule has 1 atom stereocenters. The van der Waals surface area contributed by atoms with Crippen molar-refractivity contribution in [2.45, 2.75) is 13.3 Å². The molecule has 1 unspecified atom stereocenters. The molecule has 0 saturated heterocycles. The molecule has 0 amide bonds. The zero-order valence-corrected chi connectivity index (χ0v) is 10.8. The maximum absolute atomic E-state index is 8.82. The Morgan fingerprint density at radius 1 is 1.50 bits per heavy atom. The van der Waals surface area contributed by atoms with Gasteiger partial charge in [0.15, 0.2) is 0 Å². The zero-order chi connectivity index (χ0) is 12.0. The molecule has 0 spiro atoms. The lowest BCUT2D eigenvalue weighted by atomic mass is 10.1. The number of aliphatic hydroxyl groups is 1. The number of anilines is 1. The maximum atomic E-state index is 8.82. The van der Waals surface area contributed by atoms with Crippen LogP contribution in [-0.2, 0) is 0 Å². The summed E-state index contributed by atoms with van der Waals surface area (Å²) in [4.78, 5) is 0. The summed E-state index contributed by atoms with van der Waals surface area (Å²) in [5, 5.41) is 20.9. The number of hydrogen-bond acceptors (Lipinski definition) is 3. The highest BCUT2D eigenvalue weighted by Gasteiger charge is 2.02. The van der Waals surface area contributed by atoms with Crippen molar-refractivity contribution in [1.29, 1.82) is 5.26 Å². The van der Waals surface area contributed by atoms with E-state index in [1.165, 1.54) is 0 Å². The monoisotopic (exact) mass is 282 g/mol. The summed E-state index contributed by atoms with van der Waals surface area (Å²) >= 11 is 3.36. The molecule has 0 fully saturated rings. The van der Waals surface area contributed by atoms with E-state index in [2.05, 4.69) is 34.2 Å². The summed E-state index contributed by atoms with van der Waals surface area (Å²) in [6.07, 6.45) is 0.784. The van der Waals surface area contributed by atoms with Gasteiger partial charge in [-0.15, -0.1) is 0 Å². The van der Waals surface area contributed by atoms with Crippen LogP contribution < -0.4 is 5.32 Å². The Balaban J connectivity index is 2.60. The summed E-state index contributed by atoms with van der Waals surface area (Å²) in [7, 11) is 0. The average Bonchev–Trinajstić information content (AvgIpc) is 2.26. The molecule has 0 aliphatic rings. The summed E-state index contributed by atoms with van der Waals surface area (Å²) < 4.78 is 0.892. The highest BCUT2D eigenvalue weighted by molar-refractivity contribution is 9.10. The van der Waals surface area contributed by atoms with E-state index in [1.807, 2.05) is 12.1 Å². The van der Waals surface area contributed by atoms with Gasteiger partial charge in [0.2, 0.25) is 0 Å². The Bertz CT molecular complexity index is 387. The number of rotatable bonds is 5. The van der Waals surface area contributed by atoms with Crippen molar-refractivity contribution in [3.63, 3.8) is 0 Å². The minimum Gasteiger partial charge on any atom is -0.396 e. The van der Waals surface area contributed by atoms with Gasteiger partial charge in [-0.05, 0) is 30.5 Å². The Labute approximate surface area is 104 Å². The van der Waals surface area contributed by atoms with Crippen molar-refractivity contribution in [3.8, 4) is 6.07 Å². The fourth-order valence-electron chi connectivity index (χ4n) is 1.37. The minimum atomic E-state index is 0.213. The normalized spacial score (nSPS) is 11.9. The van der Waals surface area contributed by atoms with Crippen LogP contribution in [-0.4, -0.2) is 18.3 Å². The van der Waals surface area contributed by atoms with E-state index in [0.717, 1.165) is 23.1 Å². The van der Waals surface area contributed by atoms with E-state index < -0.39 is 0 Å². The van der Waals surface area contributed by atoms with Gasteiger partial charge in [-0.3, -0.25) is 0 Å². The van der Waals surface area contributed by atoms with E-state index in [0.29, 0.717) is 11.5 Å². The molecular formula is C12H15BrN2O. The maximum Gasteiger partial charge on any atom is 0.0992 e. The second-order valence-electron chi connectivity index (χ2n) is 3.84.